The van der Waals surface area contributed by atoms with Gasteiger partial charge in [0.2, 0.25) is 0 Å². The molecule has 1 amide bonds. The Balaban J connectivity index is 1.86. The molecule has 126 valence electrons. The molecule has 1 aliphatic heterocycles. The molecule has 1 heterocycles. The summed E-state index contributed by atoms with van der Waals surface area (Å²) in [4.78, 5) is 14.2. The number of amides is 1. The number of hydrogen-bond acceptors (Lipinski definition) is 2. The number of nitrogens with two attached hydrogens (primary N) is 1. The molecule has 1 saturated heterocycles. The monoisotopic (exact) mass is 330 g/mol. The minimum atomic E-state index is -0.481. The third kappa shape index (κ3) is 3.17. The molecule has 2 aromatic carbocycles. The van der Waals surface area contributed by atoms with E-state index in [9.17, 15) is 13.6 Å². The zero-order chi connectivity index (χ0) is 17.3. The number of rotatable bonds is 3. The van der Waals surface area contributed by atoms with Gasteiger partial charge in [-0.05, 0) is 61.2 Å². The number of aryl methyl sites for hydroxylation is 1. The van der Waals surface area contributed by atoms with Crippen LogP contribution >= 0.6 is 0 Å². The first-order valence-corrected chi connectivity index (χ1v) is 8.05. The molecule has 1 atom stereocenters. The Labute approximate surface area is 140 Å². The van der Waals surface area contributed by atoms with Crippen molar-refractivity contribution >= 4 is 5.91 Å². The van der Waals surface area contributed by atoms with Crippen LogP contribution in [0.4, 0.5) is 8.78 Å². The summed E-state index contributed by atoms with van der Waals surface area (Å²) in [5, 5.41) is 0. The zero-order valence-corrected chi connectivity index (χ0v) is 13.6. The van der Waals surface area contributed by atoms with Crippen LogP contribution in [0, 0.1) is 24.5 Å². The first kappa shape index (κ1) is 16.6. The maximum Gasteiger partial charge on any atom is 0.253 e. The van der Waals surface area contributed by atoms with Gasteiger partial charge in [0.15, 0.2) is 0 Å². The molecular weight excluding hydrogens is 310 g/mol. The lowest BCUT2D eigenvalue weighted by atomic mass is 9.98. The molecule has 0 aromatic heterocycles. The van der Waals surface area contributed by atoms with Gasteiger partial charge in [0, 0.05) is 24.2 Å². The van der Waals surface area contributed by atoms with E-state index >= 15 is 0 Å². The molecule has 1 fully saturated rings. The Bertz CT molecular complexity index is 776. The van der Waals surface area contributed by atoms with Crippen molar-refractivity contribution in [1.82, 2.24) is 4.90 Å². The second kappa shape index (κ2) is 6.69. The molecule has 0 radical (unpaired) electrons. The van der Waals surface area contributed by atoms with Gasteiger partial charge >= 0.3 is 0 Å². The van der Waals surface area contributed by atoms with Crippen LogP contribution in [0.15, 0.2) is 36.4 Å². The molecule has 3 nitrogen and oxygen atoms in total. The van der Waals surface area contributed by atoms with Gasteiger partial charge in [-0.1, -0.05) is 12.1 Å². The predicted octanol–water partition coefficient (Wildman–Crippen LogP) is 3.36. The average Bonchev–Trinajstić information content (AvgIpc) is 3.04. The second-order valence-electron chi connectivity index (χ2n) is 6.30. The van der Waals surface area contributed by atoms with Crippen LogP contribution in [0.2, 0.25) is 0 Å². The van der Waals surface area contributed by atoms with Crippen LogP contribution in [0.25, 0.3) is 11.1 Å². The van der Waals surface area contributed by atoms with Crippen molar-refractivity contribution in [2.24, 2.45) is 11.7 Å². The summed E-state index contributed by atoms with van der Waals surface area (Å²) in [5.41, 5.74) is 7.61. The Morgan fingerprint density at radius 2 is 1.96 bits per heavy atom. The fourth-order valence-electron chi connectivity index (χ4n) is 3.19. The van der Waals surface area contributed by atoms with Crippen LogP contribution < -0.4 is 5.73 Å². The van der Waals surface area contributed by atoms with Crippen molar-refractivity contribution in [3.8, 4) is 11.1 Å². The summed E-state index contributed by atoms with van der Waals surface area (Å²) >= 11 is 0. The molecule has 24 heavy (non-hydrogen) atoms. The van der Waals surface area contributed by atoms with Gasteiger partial charge in [-0.2, -0.15) is 0 Å². The topological polar surface area (TPSA) is 46.3 Å². The predicted molar refractivity (Wildman–Crippen MR) is 89.6 cm³/mol. The molecule has 2 aromatic rings. The number of nitrogens with zero attached hydrogens (tertiary/aromatic N) is 1. The molecule has 0 bridgehead atoms. The SMILES string of the molecule is Cc1cc(F)ccc1-c1ccc(C(=O)N2CCC(CN)C2)cc1F. The van der Waals surface area contributed by atoms with E-state index in [4.69, 9.17) is 5.73 Å². The fourth-order valence-corrected chi connectivity index (χ4v) is 3.19. The highest BCUT2D eigenvalue weighted by molar-refractivity contribution is 5.95. The minimum absolute atomic E-state index is 0.174. The lowest BCUT2D eigenvalue weighted by molar-refractivity contribution is 0.0787. The van der Waals surface area contributed by atoms with Crippen LogP contribution in [0.3, 0.4) is 0 Å². The van der Waals surface area contributed by atoms with Gasteiger partial charge in [0.25, 0.3) is 5.91 Å². The van der Waals surface area contributed by atoms with E-state index in [0.29, 0.717) is 47.8 Å². The Hall–Kier alpha value is -2.27. The summed E-state index contributed by atoms with van der Waals surface area (Å²) in [6, 6.07) is 8.69. The van der Waals surface area contributed by atoms with E-state index in [2.05, 4.69) is 0 Å². The Morgan fingerprint density at radius 3 is 2.58 bits per heavy atom. The smallest absolute Gasteiger partial charge is 0.253 e. The van der Waals surface area contributed by atoms with E-state index in [0.717, 1.165) is 6.42 Å². The number of halogens is 2. The summed E-state index contributed by atoms with van der Waals surface area (Å²) in [7, 11) is 0. The van der Waals surface area contributed by atoms with E-state index in [1.54, 1.807) is 30.0 Å². The van der Waals surface area contributed by atoms with Crippen molar-refractivity contribution in [3.05, 3.63) is 59.2 Å². The highest BCUT2D eigenvalue weighted by atomic mass is 19.1. The zero-order valence-electron chi connectivity index (χ0n) is 13.6. The minimum Gasteiger partial charge on any atom is -0.338 e. The lowest BCUT2D eigenvalue weighted by Crippen LogP contribution is -2.29. The number of benzene rings is 2. The molecule has 0 saturated carbocycles. The van der Waals surface area contributed by atoms with Gasteiger partial charge in [0.05, 0.1) is 0 Å². The van der Waals surface area contributed by atoms with E-state index < -0.39 is 5.82 Å². The van der Waals surface area contributed by atoms with Gasteiger partial charge < -0.3 is 10.6 Å². The maximum atomic E-state index is 14.5. The molecule has 3 rings (SSSR count). The molecule has 1 unspecified atom stereocenters. The largest absolute Gasteiger partial charge is 0.338 e. The van der Waals surface area contributed by atoms with Gasteiger partial charge in [-0.15, -0.1) is 0 Å². The van der Waals surface area contributed by atoms with E-state index in [-0.39, 0.29) is 11.7 Å². The standard InChI is InChI=1S/C19H20F2N2O/c1-12-8-15(20)3-5-16(12)17-4-2-14(9-18(17)21)19(24)23-7-6-13(10-22)11-23/h2-5,8-9,13H,6-7,10-11,22H2,1H3. The van der Waals surface area contributed by atoms with Crippen LogP contribution in [0.5, 0.6) is 0 Å². The number of hydrogen-bond donors (Lipinski definition) is 1. The molecule has 5 heteroatoms. The molecular formula is C19H20F2N2O. The summed E-state index contributed by atoms with van der Waals surface area (Å²) in [6.07, 6.45) is 0.886. The fraction of sp³-hybridized carbons (Fsp3) is 0.316. The van der Waals surface area contributed by atoms with Crippen molar-refractivity contribution < 1.29 is 13.6 Å². The Morgan fingerprint density at radius 1 is 1.21 bits per heavy atom. The molecule has 2 N–H and O–H groups in total. The summed E-state index contributed by atoms with van der Waals surface area (Å²) < 4.78 is 27.7. The van der Waals surface area contributed by atoms with Gasteiger partial charge in [-0.25, -0.2) is 8.78 Å². The van der Waals surface area contributed by atoms with Crippen molar-refractivity contribution in [1.29, 1.82) is 0 Å². The first-order chi connectivity index (χ1) is 11.5. The Kier molecular flexibility index (Phi) is 4.62. The number of likely N-dealkylation sites (tertiary alicyclic amines) is 1. The summed E-state index contributed by atoms with van der Waals surface area (Å²) in [5.74, 6) is -0.691. The maximum absolute atomic E-state index is 14.5. The number of carbonyl (C=O) groups is 1. The molecule has 1 aliphatic rings. The lowest BCUT2D eigenvalue weighted by Gasteiger charge is -2.17. The van der Waals surface area contributed by atoms with Gasteiger partial charge in [-0.3, -0.25) is 4.79 Å². The van der Waals surface area contributed by atoms with Crippen LogP contribution in [-0.2, 0) is 0 Å². The van der Waals surface area contributed by atoms with Crippen LogP contribution in [-0.4, -0.2) is 30.4 Å². The normalized spacial score (nSPS) is 17.3. The summed E-state index contributed by atoms with van der Waals surface area (Å²) in [6.45, 7) is 3.56. The highest BCUT2D eigenvalue weighted by Gasteiger charge is 2.26. The second-order valence-corrected chi connectivity index (χ2v) is 6.30. The van der Waals surface area contributed by atoms with Crippen molar-refractivity contribution in [2.75, 3.05) is 19.6 Å². The van der Waals surface area contributed by atoms with Crippen molar-refractivity contribution in [3.63, 3.8) is 0 Å². The average molecular weight is 330 g/mol. The van der Waals surface area contributed by atoms with Gasteiger partial charge in [0.1, 0.15) is 11.6 Å². The molecule has 0 aliphatic carbocycles. The van der Waals surface area contributed by atoms with Crippen molar-refractivity contribution in [2.45, 2.75) is 13.3 Å². The van der Waals surface area contributed by atoms with E-state index in [1.807, 2.05) is 0 Å². The first-order valence-electron chi connectivity index (χ1n) is 8.05. The number of carbonyl (C=O) groups excluding carboxylic acids is 1. The third-order valence-corrected chi connectivity index (χ3v) is 4.60. The van der Waals surface area contributed by atoms with Crippen LogP contribution in [0.1, 0.15) is 22.3 Å². The quantitative estimate of drug-likeness (QED) is 0.938. The highest BCUT2D eigenvalue weighted by Crippen LogP contribution is 2.28. The van der Waals surface area contributed by atoms with E-state index in [1.165, 1.54) is 18.2 Å². The molecule has 0 spiro atoms. The third-order valence-electron chi connectivity index (χ3n) is 4.60.